The van der Waals surface area contributed by atoms with Gasteiger partial charge in [0.2, 0.25) is 0 Å². The quantitative estimate of drug-likeness (QED) is 0.401. The summed E-state index contributed by atoms with van der Waals surface area (Å²) in [6.07, 6.45) is 8.58. The van der Waals surface area contributed by atoms with E-state index in [1.165, 1.54) is 19.3 Å². The van der Waals surface area contributed by atoms with Crippen LogP contribution in [0, 0.1) is 0 Å². The molecule has 0 aromatic rings. The molecule has 0 amide bonds. The third kappa shape index (κ3) is 5.51. The first kappa shape index (κ1) is 12.7. The Morgan fingerprint density at radius 3 is 2.22 bits per heavy atom. The van der Waals surface area contributed by atoms with Crippen molar-refractivity contribution in [3.8, 4) is 0 Å². The van der Waals surface area contributed by atoms with E-state index in [1.807, 2.05) is 0 Å². The maximum absolute atomic E-state index is 2.27. The fourth-order valence-corrected chi connectivity index (χ4v) is 1.44. The van der Waals surface area contributed by atoms with E-state index in [2.05, 4.69) is 12.2 Å². The van der Waals surface area contributed by atoms with Crippen LogP contribution in [0.5, 0.6) is 0 Å². The van der Waals surface area contributed by atoms with Gasteiger partial charge in [0, 0.05) is 0 Å². The molecule has 0 saturated heterocycles. The van der Waals surface area contributed by atoms with E-state index >= 15 is 0 Å². The molecule has 0 N–H and O–H groups in total. The molecule has 50 valence electrons. The molecule has 0 spiro atoms. The van der Waals surface area contributed by atoms with Crippen LogP contribution in [0.4, 0.5) is 0 Å². The van der Waals surface area contributed by atoms with Gasteiger partial charge >= 0.3 is 58.9 Å². The van der Waals surface area contributed by atoms with Gasteiger partial charge in [-0.1, -0.05) is 0 Å². The molecule has 0 atom stereocenters. The van der Waals surface area contributed by atoms with Gasteiger partial charge in [-0.05, 0) is 0 Å². The molecule has 0 unspecified atom stereocenters. The van der Waals surface area contributed by atoms with Crippen molar-refractivity contribution >= 4 is 3.21 Å². The van der Waals surface area contributed by atoms with Crippen molar-refractivity contribution in [2.75, 3.05) is 0 Å². The van der Waals surface area contributed by atoms with Gasteiger partial charge in [0.15, 0.2) is 0 Å². The first-order chi connectivity index (χ1) is 3.39. The molecule has 0 aliphatic heterocycles. The van der Waals surface area contributed by atoms with E-state index in [-0.39, 0.29) is 24.8 Å². The topological polar surface area (TPSA) is 0 Å². The van der Waals surface area contributed by atoms with Gasteiger partial charge in [-0.3, -0.25) is 0 Å². The second-order valence-electron chi connectivity index (χ2n) is 1.82. The predicted molar refractivity (Wildman–Crippen MR) is 28.0 cm³/mol. The van der Waals surface area contributed by atoms with Crippen molar-refractivity contribution in [3.05, 3.63) is 12.2 Å². The van der Waals surface area contributed by atoms with Crippen LogP contribution >= 0.6 is 0 Å². The van der Waals surface area contributed by atoms with Crippen LogP contribution < -0.4 is 24.8 Å². The van der Waals surface area contributed by atoms with Crippen LogP contribution in [-0.4, -0.2) is 3.21 Å². The summed E-state index contributed by atoms with van der Waals surface area (Å²) in [5.74, 6) is 0. The van der Waals surface area contributed by atoms with Crippen molar-refractivity contribution in [2.24, 2.45) is 0 Å². The van der Waals surface area contributed by atoms with E-state index in [1.54, 1.807) is 27.4 Å². The minimum atomic E-state index is 0. The average molecular weight is 242 g/mol. The molecule has 0 fully saturated rings. The van der Waals surface area contributed by atoms with Crippen molar-refractivity contribution < 1.29 is 49.0 Å². The molecule has 9 heavy (non-hydrogen) atoms. The van der Waals surface area contributed by atoms with Gasteiger partial charge in [-0.15, -0.1) is 0 Å². The summed E-state index contributed by atoms with van der Waals surface area (Å²) in [7, 11) is 0. The third-order valence-corrected chi connectivity index (χ3v) is 2.16. The zero-order valence-electron chi connectivity index (χ0n) is 5.03. The Bertz CT molecular complexity index is 110. The Hall–Kier alpha value is 1.07. The van der Waals surface area contributed by atoms with Crippen molar-refractivity contribution in [1.29, 1.82) is 0 Å². The Morgan fingerprint density at radius 2 is 2.00 bits per heavy atom. The third-order valence-electron chi connectivity index (χ3n) is 1.14. The molecule has 1 aliphatic carbocycles. The summed E-state index contributed by atoms with van der Waals surface area (Å²) in [5.41, 5.74) is 0. The first-order valence-electron chi connectivity index (χ1n) is 2.63. The van der Waals surface area contributed by atoms with Crippen molar-refractivity contribution in [3.63, 3.8) is 0 Å². The second-order valence-corrected chi connectivity index (χ2v) is 3.40. The Balaban J connectivity index is 0. The molecule has 0 radical (unpaired) electrons. The van der Waals surface area contributed by atoms with Gasteiger partial charge in [0.25, 0.3) is 0 Å². The van der Waals surface area contributed by atoms with Crippen LogP contribution in [0.15, 0.2) is 12.2 Å². The van der Waals surface area contributed by atoms with Gasteiger partial charge in [-0.25, -0.2) is 0 Å². The summed E-state index contributed by atoms with van der Waals surface area (Å²) in [6, 6.07) is 0. The van der Waals surface area contributed by atoms with Crippen LogP contribution in [0.3, 0.4) is 0 Å². The Kier molecular flexibility index (Phi) is 10.2. The van der Waals surface area contributed by atoms with Crippen LogP contribution in [-0.2, 0) is 24.2 Å². The minimum absolute atomic E-state index is 0. The average Bonchev–Trinajstić information content (AvgIpc) is 1.69. The van der Waals surface area contributed by atoms with E-state index in [4.69, 9.17) is 0 Å². The number of halogens is 2. The first-order valence-corrected chi connectivity index (χ1v) is 3.86. The summed E-state index contributed by atoms with van der Waals surface area (Å²) in [5, 5.41) is 0. The Morgan fingerprint density at radius 1 is 1.33 bits per heavy atom. The van der Waals surface area contributed by atoms with Crippen molar-refractivity contribution in [2.45, 2.75) is 19.3 Å². The van der Waals surface area contributed by atoms with E-state index < -0.39 is 0 Å². The van der Waals surface area contributed by atoms with Gasteiger partial charge < -0.3 is 24.8 Å². The molecule has 1 aliphatic rings. The molecule has 0 aromatic carbocycles. The normalized spacial score (nSPS) is 16.0. The van der Waals surface area contributed by atoms with Gasteiger partial charge in [-0.2, -0.15) is 0 Å². The number of rotatable bonds is 0. The standard InChI is InChI=1S/C6H8.2ClH.Zr/c1-2-4-6-5-3-1;;;/h1-2H,3,5-6H2;2*1H;/q;;;+2/p-2. The second kappa shape index (κ2) is 7.18. The molecule has 0 bridgehead atoms. The number of hydrogen-bond donors (Lipinski definition) is 0. The zero-order valence-corrected chi connectivity index (χ0v) is 9.00. The van der Waals surface area contributed by atoms with E-state index in [0.29, 0.717) is 0 Å². The fraction of sp³-hybridized carbons (Fsp3) is 0.500. The van der Waals surface area contributed by atoms with Crippen molar-refractivity contribution in [1.82, 2.24) is 0 Å². The van der Waals surface area contributed by atoms with Crippen LogP contribution in [0.1, 0.15) is 19.3 Å². The molecule has 1 rings (SSSR count). The molecule has 0 nitrogen and oxygen atoms in total. The Labute approximate surface area is 83.2 Å². The molecule has 0 saturated carbocycles. The molecular weight excluding hydrogens is 234 g/mol. The monoisotopic (exact) mass is 240 g/mol. The summed E-state index contributed by atoms with van der Waals surface area (Å²) >= 11 is 1.60. The predicted octanol–water partition coefficient (Wildman–Crippen LogP) is -4.55. The van der Waals surface area contributed by atoms with Gasteiger partial charge in [0.05, 0.1) is 0 Å². The van der Waals surface area contributed by atoms with E-state index in [9.17, 15) is 0 Å². The summed E-state index contributed by atoms with van der Waals surface area (Å²) in [6.45, 7) is 0. The van der Waals surface area contributed by atoms with E-state index in [0.717, 1.165) is 0 Å². The maximum atomic E-state index is 2.27. The van der Waals surface area contributed by atoms with Gasteiger partial charge in [0.1, 0.15) is 0 Å². The fourth-order valence-electron chi connectivity index (χ4n) is 0.719. The molecule has 0 aromatic heterocycles. The van der Waals surface area contributed by atoms with Crippen LogP contribution in [0.25, 0.3) is 0 Å². The number of hydrogen-bond acceptors (Lipinski definition) is 0. The zero-order chi connectivity index (χ0) is 5.11. The molecule has 0 heterocycles. The summed E-state index contributed by atoms with van der Waals surface area (Å²) in [4.78, 5) is 0. The molecular formula is C6H8Cl2Zr. The number of allylic oxidation sites excluding steroid dienone is 2. The summed E-state index contributed by atoms with van der Waals surface area (Å²) < 4.78 is 1.62. The molecule has 3 heteroatoms. The SMILES string of the molecule is [Cl-].[Cl-].[Zr+2]=[C]1C=CCCC1. The van der Waals surface area contributed by atoms with Crippen LogP contribution in [0.2, 0.25) is 0 Å².